The first-order chi connectivity index (χ1) is 22.5. The van der Waals surface area contributed by atoms with Crippen molar-refractivity contribution < 1.29 is 24.3 Å². The Hall–Kier alpha value is -4.97. The number of hydrogen-bond acceptors (Lipinski definition) is 9. The Labute approximate surface area is 285 Å². The fourth-order valence-corrected chi connectivity index (χ4v) is 5.27. The predicted octanol–water partition coefficient (Wildman–Crippen LogP) is 7.92. The van der Waals surface area contributed by atoms with Crippen molar-refractivity contribution in [3.05, 3.63) is 149 Å². The lowest BCUT2D eigenvalue weighted by atomic mass is 10.0. The molecule has 0 atom stereocenters. The van der Waals surface area contributed by atoms with E-state index >= 15 is 0 Å². The molecule has 4 aromatic rings. The first kappa shape index (κ1) is 37.5. The van der Waals surface area contributed by atoms with Gasteiger partial charge < -0.3 is 4.84 Å². The number of carbonyl (C=O) groups excluding carboxylic acids is 1. The highest BCUT2D eigenvalue weighted by Gasteiger charge is 2.20. The van der Waals surface area contributed by atoms with E-state index in [1.807, 2.05) is 6.07 Å². The van der Waals surface area contributed by atoms with E-state index in [-0.39, 0.29) is 30.4 Å². The number of non-ortho nitro benzene ring substituents is 2. The molecule has 0 saturated heterocycles. The number of Topliss-reactive ketones (excluding diaryl/α,β-unsaturated/α-hetero) is 1. The van der Waals surface area contributed by atoms with Crippen molar-refractivity contribution in [2.24, 2.45) is 11.1 Å². The van der Waals surface area contributed by atoms with Crippen LogP contribution in [0.25, 0.3) is 0 Å². The molecular weight excluding hydrogens is 636 g/mol. The van der Waals surface area contributed by atoms with Crippen molar-refractivity contribution in [1.82, 2.24) is 0 Å². The van der Waals surface area contributed by atoms with Gasteiger partial charge in [0.25, 0.3) is 11.4 Å². The lowest BCUT2D eigenvalue weighted by Gasteiger charge is -2.06. The minimum Gasteiger partial charge on any atom is -0.391 e. The molecule has 2 aliphatic rings. The van der Waals surface area contributed by atoms with E-state index in [2.05, 4.69) is 55.9 Å². The first-order valence-corrected chi connectivity index (χ1v) is 15.2. The summed E-state index contributed by atoms with van der Waals surface area (Å²) < 4.78 is 0. The normalized spacial score (nSPS) is 13.3. The maximum absolute atomic E-state index is 11.3. The third-order valence-corrected chi connectivity index (χ3v) is 8.25. The molecule has 2 aliphatic carbocycles. The van der Waals surface area contributed by atoms with Crippen molar-refractivity contribution in [3.63, 3.8) is 0 Å². The zero-order valence-electron chi connectivity index (χ0n) is 27.4. The average Bonchev–Trinajstić information content (AvgIpc) is 3.60. The first-order valence-electron chi connectivity index (χ1n) is 15.2. The van der Waals surface area contributed by atoms with Crippen LogP contribution >= 0.6 is 12.4 Å². The van der Waals surface area contributed by atoms with Gasteiger partial charge in [0.05, 0.1) is 22.2 Å². The second-order valence-electron chi connectivity index (χ2n) is 11.6. The van der Waals surface area contributed by atoms with Gasteiger partial charge in [0.2, 0.25) is 0 Å². The Morgan fingerprint density at radius 3 is 1.60 bits per heavy atom. The molecule has 4 aromatic carbocycles. The molecular formula is C36H39ClN4O7. The number of nitrogens with two attached hydrogens (primary N) is 1. The second kappa shape index (κ2) is 17.3. The number of rotatable bonds is 7. The molecule has 0 heterocycles. The Morgan fingerprint density at radius 1 is 0.667 bits per heavy atom. The number of oxime groups is 1. The molecule has 48 heavy (non-hydrogen) atoms. The summed E-state index contributed by atoms with van der Waals surface area (Å²) in [6.45, 7) is 8.94. The maximum atomic E-state index is 11.3. The molecule has 11 nitrogen and oxygen atoms in total. The highest BCUT2D eigenvalue weighted by atomic mass is 35.5. The second-order valence-corrected chi connectivity index (χ2v) is 11.6. The summed E-state index contributed by atoms with van der Waals surface area (Å²) >= 11 is 0. The van der Waals surface area contributed by atoms with E-state index in [0.717, 1.165) is 41.7 Å². The molecule has 0 radical (unpaired) electrons. The van der Waals surface area contributed by atoms with Crippen LogP contribution in [0.3, 0.4) is 0 Å². The zero-order chi connectivity index (χ0) is 34.1. The van der Waals surface area contributed by atoms with Crippen LogP contribution in [0.2, 0.25) is 0 Å². The third-order valence-electron chi connectivity index (χ3n) is 8.25. The van der Waals surface area contributed by atoms with E-state index in [9.17, 15) is 25.0 Å². The smallest absolute Gasteiger partial charge is 0.269 e. The standard InChI is InChI=1S/C18H18N2O3.C11H12O.C7H8N2O3.ClH/c1-12-9-15-5-8-18(17(15)10-13(12)2)19-23-11-14-3-6-16(7-4-14)20(21)22;1-7-5-9-3-4-11(12)10(9)6-8(7)2;8-12-5-6-1-3-7(4-2-6)9(10)11;/h3-4,6-7,9-10H,5,8,11H2,1-2H3;5-6H,3-4H2,1-2H3;1-4H,5,8H2;1H/b19-18+;;;. The van der Waals surface area contributed by atoms with Gasteiger partial charge in [-0.25, -0.2) is 5.90 Å². The van der Waals surface area contributed by atoms with E-state index in [0.29, 0.717) is 18.8 Å². The fourth-order valence-electron chi connectivity index (χ4n) is 5.27. The number of nitro groups is 2. The van der Waals surface area contributed by atoms with E-state index in [4.69, 9.17) is 10.7 Å². The molecule has 0 bridgehead atoms. The van der Waals surface area contributed by atoms with Crippen LogP contribution in [0.1, 0.15) is 73.3 Å². The van der Waals surface area contributed by atoms with Crippen LogP contribution in [0.4, 0.5) is 11.4 Å². The summed E-state index contributed by atoms with van der Waals surface area (Å²) in [5.41, 5.74) is 12.6. The Kier molecular flexibility index (Phi) is 13.5. The summed E-state index contributed by atoms with van der Waals surface area (Å²) in [5.74, 6) is 5.14. The largest absolute Gasteiger partial charge is 0.391 e. The molecule has 6 rings (SSSR count). The third kappa shape index (κ3) is 9.77. The van der Waals surface area contributed by atoms with Crippen molar-refractivity contribution >= 4 is 35.3 Å². The number of benzene rings is 4. The molecule has 0 aliphatic heterocycles. The van der Waals surface area contributed by atoms with Crippen LogP contribution in [0.5, 0.6) is 0 Å². The van der Waals surface area contributed by atoms with Crippen LogP contribution < -0.4 is 5.90 Å². The molecule has 12 heteroatoms. The molecule has 0 aromatic heterocycles. The quantitative estimate of drug-likeness (QED) is 0.153. The molecule has 0 unspecified atom stereocenters. The van der Waals surface area contributed by atoms with E-state index in [1.165, 1.54) is 63.2 Å². The van der Waals surface area contributed by atoms with Gasteiger partial charge in [-0.2, -0.15) is 0 Å². The lowest BCUT2D eigenvalue weighted by Crippen LogP contribution is -1.98. The molecule has 0 spiro atoms. The van der Waals surface area contributed by atoms with E-state index < -0.39 is 9.85 Å². The van der Waals surface area contributed by atoms with Gasteiger partial charge in [-0.1, -0.05) is 17.3 Å². The van der Waals surface area contributed by atoms with Crippen molar-refractivity contribution in [2.45, 2.75) is 66.6 Å². The van der Waals surface area contributed by atoms with Crippen LogP contribution in [0.15, 0.2) is 78.0 Å². The SMILES string of the molecule is Cc1cc2c(cc1C)/C(=N/OCc1ccc([N+](=O)[O-])cc1)CC2.Cc1cc2c(cc1C)C(=O)CC2.Cl.NOCc1ccc([N+](=O)[O-])cc1. The van der Waals surface area contributed by atoms with Gasteiger partial charge in [-0.05, 0) is 128 Å². The minimum absolute atomic E-state index is 0. The summed E-state index contributed by atoms with van der Waals surface area (Å²) in [5, 5.41) is 25.1. The van der Waals surface area contributed by atoms with Crippen LogP contribution in [-0.4, -0.2) is 21.3 Å². The summed E-state index contributed by atoms with van der Waals surface area (Å²) in [6.07, 6.45) is 3.53. The fraction of sp³-hybridized carbons (Fsp3) is 0.278. The molecule has 0 fully saturated rings. The Morgan fingerprint density at radius 2 is 1.10 bits per heavy atom. The highest BCUT2D eigenvalue weighted by molar-refractivity contribution is 6.04. The zero-order valence-corrected chi connectivity index (χ0v) is 28.2. The number of nitro benzene ring substituents is 2. The lowest BCUT2D eigenvalue weighted by molar-refractivity contribution is -0.385. The highest BCUT2D eigenvalue weighted by Crippen LogP contribution is 2.27. The average molecular weight is 675 g/mol. The van der Waals surface area contributed by atoms with Crippen molar-refractivity contribution in [2.75, 3.05) is 0 Å². The van der Waals surface area contributed by atoms with Crippen molar-refractivity contribution in [1.29, 1.82) is 0 Å². The number of nitrogens with zero attached hydrogens (tertiary/aromatic N) is 3. The van der Waals surface area contributed by atoms with Gasteiger partial charge in [0.15, 0.2) is 5.78 Å². The molecule has 0 amide bonds. The number of ketones is 1. The van der Waals surface area contributed by atoms with Crippen LogP contribution in [-0.2, 0) is 35.7 Å². The number of hydrogen-bond donors (Lipinski definition) is 1. The summed E-state index contributed by atoms with van der Waals surface area (Å²) in [6, 6.07) is 20.9. The molecule has 2 N–H and O–H groups in total. The number of aryl methyl sites for hydroxylation is 6. The van der Waals surface area contributed by atoms with E-state index in [1.54, 1.807) is 24.3 Å². The monoisotopic (exact) mass is 674 g/mol. The maximum Gasteiger partial charge on any atom is 0.269 e. The number of halogens is 1. The summed E-state index contributed by atoms with van der Waals surface area (Å²) in [7, 11) is 0. The van der Waals surface area contributed by atoms with Gasteiger partial charge in [-0.3, -0.25) is 29.9 Å². The van der Waals surface area contributed by atoms with Crippen LogP contribution in [0, 0.1) is 47.9 Å². The van der Waals surface area contributed by atoms with Gasteiger partial charge >= 0.3 is 0 Å². The Balaban J connectivity index is 0.000000212. The van der Waals surface area contributed by atoms with Gasteiger partial charge in [0, 0.05) is 41.8 Å². The Bertz CT molecular complexity index is 1810. The van der Waals surface area contributed by atoms with Crippen molar-refractivity contribution in [3.8, 4) is 0 Å². The van der Waals surface area contributed by atoms with Gasteiger partial charge in [0.1, 0.15) is 6.61 Å². The topological polar surface area (TPSA) is 160 Å². The molecule has 252 valence electrons. The minimum atomic E-state index is -0.451. The number of fused-ring (bicyclic) bond motifs is 2. The summed E-state index contributed by atoms with van der Waals surface area (Å²) in [4.78, 5) is 41.1. The molecule has 0 saturated carbocycles. The van der Waals surface area contributed by atoms with Gasteiger partial charge in [-0.15, -0.1) is 12.4 Å². The predicted molar refractivity (Wildman–Crippen MR) is 187 cm³/mol. The number of carbonyl (C=O) groups is 1.